The summed E-state index contributed by atoms with van der Waals surface area (Å²) in [7, 11) is 1.87. The van der Waals surface area contributed by atoms with Gasteiger partial charge in [-0.1, -0.05) is 0 Å². The molecule has 2 rings (SSSR count). The maximum atomic E-state index is 11.8. The zero-order chi connectivity index (χ0) is 11.4. The molecule has 1 aliphatic heterocycles. The van der Waals surface area contributed by atoms with Crippen LogP contribution in [0.4, 0.5) is 0 Å². The number of nitrogens with zero attached hydrogens (tertiary/aromatic N) is 2. The Hall–Kier alpha value is -0.810. The number of thioether (sulfide) groups is 1. The highest BCUT2D eigenvalue weighted by molar-refractivity contribution is 7.99. The Bertz CT molecular complexity index is 358. The summed E-state index contributed by atoms with van der Waals surface area (Å²) >= 11 is 1.92. The third-order valence-electron chi connectivity index (χ3n) is 2.62. The molecular weight excluding hydrogens is 222 g/mol. The monoisotopic (exact) mass is 239 g/mol. The molecule has 1 saturated heterocycles. The molecular formula is C11H17N3OS. The molecule has 1 aromatic rings. The Morgan fingerprint density at radius 1 is 1.75 bits per heavy atom. The maximum Gasteiger partial charge on any atom is 0.140 e. The van der Waals surface area contributed by atoms with E-state index in [-0.39, 0.29) is 5.78 Å². The number of aromatic nitrogens is 2. The molecule has 1 atom stereocenters. The fourth-order valence-electron chi connectivity index (χ4n) is 1.86. The smallest absolute Gasteiger partial charge is 0.140 e. The summed E-state index contributed by atoms with van der Waals surface area (Å²) in [5, 5.41) is 7.59. The summed E-state index contributed by atoms with van der Waals surface area (Å²) in [4.78, 5) is 11.8. The molecule has 16 heavy (non-hydrogen) atoms. The number of Topliss-reactive ketones (excluding diaryl/α,β-unsaturated/α-hetero) is 1. The molecule has 0 radical (unpaired) electrons. The van der Waals surface area contributed by atoms with Gasteiger partial charge in [-0.05, 0) is 6.07 Å². The summed E-state index contributed by atoms with van der Waals surface area (Å²) < 4.78 is 1.73. The Labute approximate surface area is 99.8 Å². The van der Waals surface area contributed by atoms with Gasteiger partial charge >= 0.3 is 0 Å². The van der Waals surface area contributed by atoms with Gasteiger partial charge in [0.1, 0.15) is 5.78 Å². The number of hydrogen-bond acceptors (Lipinski definition) is 4. The minimum absolute atomic E-state index is 0.277. The fourth-order valence-corrected chi connectivity index (χ4v) is 2.81. The molecule has 0 amide bonds. The minimum atomic E-state index is 0.277. The molecule has 1 fully saturated rings. The van der Waals surface area contributed by atoms with Gasteiger partial charge in [0.2, 0.25) is 0 Å². The molecule has 0 aromatic carbocycles. The van der Waals surface area contributed by atoms with Crippen molar-refractivity contribution in [2.24, 2.45) is 7.05 Å². The second kappa shape index (κ2) is 5.50. The van der Waals surface area contributed by atoms with Crippen molar-refractivity contribution >= 4 is 17.5 Å². The summed E-state index contributed by atoms with van der Waals surface area (Å²) in [5.74, 6) is 2.48. The van der Waals surface area contributed by atoms with Crippen LogP contribution in [0.25, 0.3) is 0 Å². The van der Waals surface area contributed by atoms with E-state index in [0.29, 0.717) is 18.9 Å². The average Bonchev–Trinajstić information content (AvgIpc) is 2.65. The lowest BCUT2D eigenvalue weighted by Gasteiger charge is -2.22. The first kappa shape index (κ1) is 11.7. The van der Waals surface area contributed by atoms with Gasteiger partial charge in [0, 0.05) is 43.8 Å². The fraction of sp³-hybridized carbons (Fsp3) is 0.636. The Balaban J connectivity index is 1.79. The molecule has 0 spiro atoms. The average molecular weight is 239 g/mol. The zero-order valence-electron chi connectivity index (χ0n) is 9.48. The largest absolute Gasteiger partial charge is 0.312 e. The lowest BCUT2D eigenvalue weighted by atomic mass is 10.1. The first-order valence-corrected chi connectivity index (χ1v) is 6.71. The number of aryl methyl sites for hydroxylation is 1. The Kier molecular flexibility index (Phi) is 4.01. The van der Waals surface area contributed by atoms with Gasteiger partial charge in [-0.3, -0.25) is 9.48 Å². The summed E-state index contributed by atoms with van der Waals surface area (Å²) in [5.41, 5.74) is 0.871. The number of carbonyl (C=O) groups is 1. The molecule has 1 N–H and O–H groups in total. The van der Waals surface area contributed by atoms with E-state index in [1.807, 2.05) is 31.1 Å². The predicted octanol–water partition coefficient (Wildman–Crippen LogP) is 0.627. The summed E-state index contributed by atoms with van der Waals surface area (Å²) in [6.45, 7) is 1.02. The Morgan fingerprint density at radius 3 is 3.25 bits per heavy atom. The van der Waals surface area contributed by atoms with Crippen LogP contribution < -0.4 is 5.32 Å². The van der Waals surface area contributed by atoms with Gasteiger partial charge in [0.15, 0.2) is 0 Å². The van der Waals surface area contributed by atoms with Gasteiger partial charge in [0.05, 0.1) is 12.1 Å². The highest BCUT2D eigenvalue weighted by atomic mass is 32.2. The Morgan fingerprint density at radius 2 is 2.62 bits per heavy atom. The first-order chi connectivity index (χ1) is 7.74. The minimum Gasteiger partial charge on any atom is -0.312 e. The van der Waals surface area contributed by atoms with Crippen LogP contribution in [-0.4, -0.2) is 39.7 Å². The van der Waals surface area contributed by atoms with Crippen molar-refractivity contribution in [3.05, 3.63) is 18.0 Å². The normalized spacial score (nSPS) is 20.9. The van der Waals surface area contributed by atoms with Crippen LogP contribution >= 0.6 is 11.8 Å². The van der Waals surface area contributed by atoms with Crippen molar-refractivity contribution in [1.82, 2.24) is 15.1 Å². The summed E-state index contributed by atoms with van der Waals surface area (Å²) in [6, 6.07) is 2.26. The molecule has 0 bridgehead atoms. The molecule has 0 saturated carbocycles. The van der Waals surface area contributed by atoms with Gasteiger partial charge in [-0.15, -0.1) is 0 Å². The maximum absolute atomic E-state index is 11.8. The predicted molar refractivity (Wildman–Crippen MR) is 65.7 cm³/mol. The second-order valence-electron chi connectivity index (χ2n) is 4.13. The van der Waals surface area contributed by atoms with E-state index in [9.17, 15) is 4.79 Å². The third-order valence-corrected chi connectivity index (χ3v) is 3.75. The number of nitrogens with one attached hydrogen (secondary N) is 1. The van der Waals surface area contributed by atoms with Crippen molar-refractivity contribution in [2.45, 2.75) is 18.9 Å². The van der Waals surface area contributed by atoms with Crippen molar-refractivity contribution in [1.29, 1.82) is 0 Å². The van der Waals surface area contributed by atoms with Crippen molar-refractivity contribution in [3.63, 3.8) is 0 Å². The van der Waals surface area contributed by atoms with Crippen molar-refractivity contribution < 1.29 is 4.79 Å². The van der Waals surface area contributed by atoms with Crippen molar-refractivity contribution in [2.75, 3.05) is 18.1 Å². The van der Waals surface area contributed by atoms with E-state index in [1.54, 1.807) is 4.68 Å². The molecule has 4 nitrogen and oxygen atoms in total. The highest BCUT2D eigenvalue weighted by Gasteiger charge is 2.17. The van der Waals surface area contributed by atoms with E-state index >= 15 is 0 Å². The topological polar surface area (TPSA) is 46.9 Å². The van der Waals surface area contributed by atoms with Gasteiger partial charge < -0.3 is 5.32 Å². The number of rotatable bonds is 4. The van der Waals surface area contributed by atoms with Crippen LogP contribution in [0, 0.1) is 0 Å². The van der Waals surface area contributed by atoms with Gasteiger partial charge in [-0.2, -0.15) is 16.9 Å². The molecule has 1 unspecified atom stereocenters. The highest BCUT2D eigenvalue weighted by Crippen LogP contribution is 2.11. The standard InChI is InChI=1S/C11H17N3OS/c1-14-4-2-9(13-14)6-11(15)7-10-8-16-5-3-12-10/h2,4,10,12H,3,5-8H2,1H3. The van der Waals surface area contributed by atoms with Crippen molar-refractivity contribution in [3.8, 4) is 0 Å². The first-order valence-electron chi connectivity index (χ1n) is 5.55. The van der Waals surface area contributed by atoms with Crippen LogP contribution in [0.1, 0.15) is 12.1 Å². The van der Waals surface area contributed by atoms with E-state index in [1.165, 1.54) is 0 Å². The number of ketones is 1. The third kappa shape index (κ3) is 3.35. The van der Waals surface area contributed by atoms with Crippen LogP contribution in [0.5, 0.6) is 0 Å². The van der Waals surface area contributed by atoms with E-state index in [2.05, 4.69) is 10.4 Å². The SMILES string of the molecule is Cn1ccc(CC(=O)CC2CSCCN2)n1. The molecule has 5 heteroatoms. The molecule has 2 heterocycles. The summed E-state index contributed by atoms with van der Waals surface area (Å²) in [6.07, 6.45) is 2.96. The number of carbonyl (C=O) groups excluding carboxylic acids is 1. The quantitative estimate of drug-likeness (QED) is 0.837. The van der Waals surface area contributed by atoms with Crippen LogP contribution in [-0.2, 0) is 18.3 Å². The van der Waals surface area contributed by atoms with Crippen LogP contribution in [0.2, 0.25) is 0 Å². The van der Waals surface area contributed by atoms with E-state index in [0.717, 1.165) is 23.7 Å². The van der Waals surface area contributed by atoms with Gasteiger partial charge in [-0.25, -0.2) is 0 Å². The second-order valence-corrected chi connectivity index (χ2v) is 5.28. The molecule has 88 valence electrons. The number of hydrogen-bond donors (Lipinski definition) is 1. The van der Waals surface area contributed by atoms with E-state index in [4.69, 9.17) is 0 Å². The lowest BCUT2D eigenvalue weighted by molar-refractivity contribution is -0.118. The van der Waals surface area contributed by atoms with Crippen LogP contribution in [0.3, 0.4) is 0 Å². The zero-order valence-corrected chi connectivity index (χ0v) is 10.3. The van der Waals surface area contributed by atoms with Gasteiger partial charge in [0.25, 0.3) is 0 Å². The van der Waals surface area contributed by atoms with E-state index < -0.39 is 0 Å². The molecule has 1 aromatic heterocycles. The molecule has 1 aliphatic rings. The van der Waals surface area contributed by atoms with Crippen LogP contribution in [0.15, 0.2) is 12.3 Å². The lowest BCUT2D eigenvalue weighted by Crippen LogP contribution is -2.39. The molecule has 0 aliphatic carbocycles.